The Labute approximate surface area is 99.6 Å². The number of amides is 1. The molecule has 2 nitrogen and oxygen atoms in total. The highest BCUT2D eigenvalue weighted by Crippen LogP contribution is 2.30. The molecule has 0 aliphatic heterocycles. The van der Waals surface area contributed by atoms with E-state index in [2.05, 4.69) is 0 Å². The maximum atomic E-state index is 11.8. The van der Waals surface area contributed by atoms with E-state index in [1.165, 1.54) is 0 Å². The van der Waals surface area contributed by atoms with Crippen LogP contribution in [-0.4, -0.2) is 30.7 Å². The van der Waals surface area contributed by atoms with Crippen molar-refractivity contribution in [1.29, 1.82) is 0 Å². The summed E-state index contributed by atoms with van der Waals surface area (Å²) in [7, 11) is 3.48. The number of hydrogen-bond donors (Lipinski definition) is 0. The second-order valence-electron chi connectivity index (χ2n) is 3.25. The third kappa shape index (κ3) is 2.89. The third-order valence-corrected chi connectivity index (χ3v) is 3.34. The smallest absolute Gasteiger partial charge is 0.254 e. The van der Waals surface area contributed by atoms with Crippen LogP contribution in [0.25, 0.3) is 0 Å². The number of benzene rings is 1. The van der Waals surface area contributed by atoms with E-state index in [0.29, 0.717) is 10.6 Å². The van der Waals surface area contributed by atoms with E-state index in [1.54, 1.807) is 36.8 Å². The zero-order valence-corrected chi connectivity index (χ0v) is 10.7. The Bertz CT molecular complexity index is 366. The number of carbonyl (C=O) groups is 1. The quantitative estimate of drug-likeness (QED) is 0.761. The highest BCUT2D eigenvalue weighted by atomic mass is 35.5. The monoisotopic (exact) mass is 243 g/mol. The number of rotatable bonds is 3. The summed E-state index contributed by atoms with van der Waals surface area (Å²) < 4.78 is 0. The third-order valence-electron chi connectivity index (χ3n) is 1.89. The van der Waals surface area contributed by atoms with Crippen LogP contribution in [0.4, 0.5) is 0 Å². The maximum Gasteiger partial charge on any atom is 0.254 e. The van der Waals surface area contributed by atoms with Gasteiger partial charge in [-0.1, -0.05) is 24.6 Å². The van der Waals surface area contributed by atoms with E-state index in [9.17, 15) is 4.79 Å². The summed E-state index contributed by atoms with van der Waals surface area (Å²) in [5.74, 6) is 0.894. The second kappa shape index (κ2) is 5.42. The van der Waals surface area contributed by atoms with Gasteiger partial charge in [-0.15, -0.1) is 11.8 Å². The van der Waals surface area contributed by atoms with Crippen LogP contribution in [0.5, 0.6) is 0 Å². The number of thioether (sulfide) groups is 1. The van der Waals surface area contributed by atoms with Gasteiger partial charge in [0.25, 0.3) is 5.91 Å². The lowest BCUT2D eigenvalue weighted by atomic mass is 10.2. The topological polar surface area (TPSA) is 20.3 Å². The summed E-state index contributed by atoms with van der Waals surface area (Å²) in [4.78, 5) is 14.3. The van der Waals surface area contributed by atoms with Crippen molar-refractivity contribution in [3.05, 3.63) is 28.8 Å². The molecule has 0 N–H and O–H groups in total. The zero-order chi connectivity index (χ0) is 11.4. The molecule has 1 aromatic carbocycles. The minimum absolute atomic E-state index is 0.00606. The molecule has 0 aliphatic carbocycles. The van der Waals surface area contributed by atoms with Crippen molar-refractivity contribution in [3.63, 3.8) is 0 Å². The largest absolute Gasteiger partial charge is 0.345 e. The lowest BCUT2D eigenvalue weighted by Gasteiger charge is -2.14. The minimum atomic E-state index is -0.00606. The van der Waals surface area contributed by atoms with Crippen molar-refractivity contribution in [3.8, 4) is 0 Å². The Morgan fingerprint density at radius 1 is 1.47 bits per heavy atom. The molecule has 4 heteroatoms. The van der Waals surface area contributed by atoms with E-state index in [4.69, 9.17) is 11.6 Å². The van der Waals surface area contributed by atoms with Gasteiger partial charge in [-0.3, -0.25) is 4.79 Å². The molecule has 0 fully saturated rings. The van der Waals surface area contributed by atoms with E-state index in [0.717, 1.165) is 10.6 Å². The minimum Gasteiger partial charge on any atom is -0.345 e. The van der Waals surface area contributed by atoms with Crippen LogP contribution in [0.3, 0.4) is 0 Å². The number of nitrogens with zero attached hydrogens (tertiary/aromatic N) is 1. The molecule has 1 aromatic rings. The van der Waals surface area contributed by atoms with Crippen molar-refractivity contribution in [2.24, 2.45) is 0 Å². The van der Waals surface area contributed by atoms with Gasteiger partial charge in [0.1, 0.15) is 0 Å². The molecular weight excluding hydrogens is 230 g/mol. The van der Waals surface area contributed by atoms with Crippen LogP contribution in [-0.2, 0) is 0 Å². The Balaban J connectivity index is 3.16. The van der Waals surface area contributed by atoms with Gasteiger partial charge in [0.15, 0.2) is 0 Å². The Morgan fingerprint density at radius 2 is 2.13 bits per heavy atom. The Hall–Kier alpha value is -0.670. The fourth-order valence-electron chi connectivity index (χ4n) is 1.21. The van der Waals surface area contributed by atoms with Gasteiger partial charge in [0.2, 0.25) is 0 Å². The van der Waals surface area contributed by atoms with Crippen LogP contribution >= 0.6 is 23.4 Å². The maximum absolute atomic E-state index is 11.8. The SMILES string of the molecule is CCSc1c(Cl)cccc1C(=O)N(C)C. The van der Waals surface area contributed by atoms with E-state index in [1.807, 2.05) is 19.1 Å². The average molecular weight is 244 g/mol. The van der Waals surface area contributed by atoms with Gasteiger partial charge in [-0.2, -0.15) is 0 Å². The highest BCUT2D eigenvalue weighted by Gasteiger charge is 2.15. The van der Waals surface area contributed by atoms with Gasteiger partial charge in [0, 0.05) is 19.0 Å². The first-order valence-electron chi connectivity index (χ1n) is 4.71. The van der Waals surface area contributed by atoms with Crippen LogP contribution in [0.1, 0.15) is 17.3 Å². The molecule has 0 aromatic heterocycles. The molecule has 0 saturated carbocycles. The first-order chi connectivity index (χ1) is 7.07. The lowest BCUT2D eigenvalue weighted by molar-refractivity contribution is 0.0824. The summed E-state index contributed by atoms with van der Waals surface area (Å²) in [5, 5.41) is 0.648. The first kappa shape index (κ1) is 12.4. The van der Waals surface area contributed by atoms with Crippen molar-refractivity contribution < 1.29 is 4.79 Å². The summed E-state index contributed by atoms with van der Waals surface area (Å²) in [6, 6.07) is 5.43. The van der Waals surface area contributed by atoms with Crippen molar-refractivity contribution in [1.82, 2.24) is 4.90 Å². The fourth-order valence-corrected chi connectivity index (χ4v) is 2.35. The molecule has 0 atom stereocenters. The highest BCUT2D eigenvalue weighted by molar-refractivity contribution is 7.99. The standard InChI is InChI=1S/C11H14ClNOS/c1-4-15-10-8(11(14)13(2)3)6-5-7-9(10)12/h5-7H,4H2,1-3H3. The van der Waals surface area contributed by atoms with Crippen LogP contribution < -0.4 is 0 Å². The van der Waals surface area contributed by atoms with Gasteiger partial charge in [-0.05, 0) is 17.9 Å². The van der Waals surface area contributed by atoms with E-state index < -0.39 is 0 Å². The Kier molecular flexibility index (Phi) is 4.48. The van der Waals surface area contributed by atoms with Crippen molar-refractivity contribution >= 4 is 29.3 Å². The second-order valence-corrected chi connectivity index (χ2v) is 4.93. The van der Waals surface area contributed by atoms with Crippen molar-refractivity contribution in [2.45, 2.75) is 11.8 Å². The van der Waals surface area contributed by atoms with Crippen LogP contribution in [0.2, 0.25) is 5.02 Å². The predicted molar refractivity (Wildman–Crippen MR) is 65.9 cm³/mol. The molecule has 0 unspecified atom stereocenters. The molecule has 0 aliphatic rings. The molecule has 0 spiro atoms. The predicted octanol–water partition coefficient (Wildman–Crippen LogP) is 3.15. The lowest BCUT2D eigenvalue weighted by Crippen LogP contribution is -2.22. The van der Waals surface area contributed by atoms with Crippen molar-refractivity contribution in [2.75, 3.05) is 19.8 Å². The van der Waals surface area contributed by atoms with E-state index in [-0.39, 0.29) is 5.91 Å². The molecule has 1 amide bonds. The number of hydrogen-bond acceptors (Lipinski definition) is 2. The molecule has 0 saturated heterocycles. The molecule has 0 radical (unpaired) electrons. The molecule has 0 heterocycles. The molecule has 82 valence electrons. The molecule has 1 rings (SSSR count). The van der Waals surface area contributed by atoms with E-state index >= 15 is 0 Å². The van der Waals surface area contributed by atoms with Gasteiger partial charge >= 0.3 is 0 Å². The van der Waals surface area contributed by atoms with Gasteiger partial charge in [0.05, 0.1) is 10.6 Å². The summed E-state index contributed by atoms with van der Waals surface area (Å²) in [6.07, 6.45) is 0. The molecule has 15 heavy (non-hydrogen) atoms. The fraction of sp³-hybridized carbons (Fsp3) is 0.364. The number of halogens is 1. The average Bonchev–Trinajstić information content (AvgIpc) is 2.20. The summed E-state index contributed by atoms with van der Waals surface area (Å²) in [6.45, 7) is 2.04. The zero-order valence-electron chi connectivity index (χ0n) is 9.08. The normalized spacial score (nSPS) is 10.1. The summed E-state index contributed by atoms with van der Waals surface area (Å²) >= 11 is 7.66. The Morgan fingerprint density at radius 3 is 2.67 bits per heavy atom. The van der Waals surface area contributed by atoms with Gasteiger partial charge in [-0.25, -0.2) is 0 Å². The first-order valence-corrected chi connectivity index (χ1v) is 6.07. The van der Waals surface area contributed by atoms with Crippen LogP contribution in [0.15, 0.2) is 23.1 Å². The van der Waals surface area contributed by atoms with Crippen LogP contribution in [0, 0.1) is 0 Å². The molecule has 0 bridgehead atoms. The van der Waals surface area contributed by atoms with Gasteiger partial charge < -0.3 is 4.90 Å². The number of carbonyl (C=O) groups excluding carboxylic acids is 1. The molecular formula is C11H14ClNOS. The summed E-state index contributed by atoms with van der Waals surface area (Å²) in [5.41, 5.74) is 0.680.